The van der Waals surface area contributed by atoms with Gasteiger partial charge in [0, 0.05) is 18.5 Å². The summed E-state index contributed by atoms with van der Waals surface area (Å²) < 4.78 is 36.9. The van der Waals surface area contributed by atoms with Crippen molar-refractivity contribution in [2.45, 2.75) is 55.6 Å². The van der Waals surface area contributed by atoms with Crippen LogP contribution in [-0.4, -0.2) is 42.8 Å². The Labute approximate surface area is 292 Å². The number of imidazole rings is 1. The molecule has 49 heavy (non-hydrogen) atoms. The van der Waals surface area contributed by atoms with Crippen LogP contribution in [0.3, 0.4) is 0 Å². The van der Waals surface area contributed by atoms with Crippen molar-refractivity contribution in [1.82, 2.24) is 19.6 Å². The van der Waals surface area contributed by atoms with Crippen LogP contribution in [0.2, 0.25) is 0 Å². The number of sulfonamides is 1. The zero-order chi connectivity index (χ0) is 34.8. The lowest BCUT2D eigenvalue weighted by Crippen LogP contribution is -2.41. The van der Waals surface area contributed by atoms with Gasteiger partial charge in [-0.15, -0.1) is 11.8 Å². The van der Waals surface area contributed by atoms with Gasteiger partial charge in [0.1, 0.15) is 10.9 Å². The maximum Gasteiger partial charge on any atom is 0.357 e. The molecule has 5 aromatic rings. The molecule has 0 saturated carbocycles. The van der Waals surface area contributed by atoms with Crippen molar-refractivity contribution in [2.24, 2.45) is 0 Å². The minimum Gasteiger partial charge on any atom is -0.461 e. The van der Waals surface area contributed by atoms with Crippen molar-refractivity contribution in [3.8, 4) is 11.1 Å². The van der Waals surface area contributed by atoms with Crippen LogP contribution in [0.25, 0.3) is 11.1 Å². The maximum absolute atomic E-state index is 13.7. The summed E-state index contributed by atoms with van der Waals surface area (Å²) >= 11 is 1.41. The van der Waals surface area contributed by atoms with Crippen LogP contribution in [0.5, 0.6) is 0 Å². The van der Waals surface area contributed by atoms with Gasteiger partial charge in [0.15, 0.2) is 5.69 Å². The molecule has 0 aliphatic heterocycles. The number of benzene rings is 4. The summed E-state index contributed by atoms with van der Waals surface area (Å²) in [7, 11) is -4.27. The average molecular weight is 697 g/mol. The van der Waals surface area contributed by atoms with Gasteiger partial charge >= 0.3 is 12.0 Å². The molecule has 0 unspecified atom stereocenters. The van der Waals surface area contributed by atoms with Crippen LogP contribution in [0.4, 0.5) is 4.79 Å². The number of aryl methyl sites for hydroxylation is 1. The highest BCUT2D eigenvalue weighted by Crippen LogP contribution is 2.29. The molecule has 4 aromatic carbocycles. The van der Waals surface area contributed by atoms with Crippen LogP contribution < -0.4 is 10.0 Å². The Balaban J connectivity index is 1.39. The number of hydrogen-bond donors (Lipinski definition) is 2. The van der Waals surface area contributed by atoms with Crippen molar-refractivity contribution in [2.75, 3.05) is 12.9 Å². The molecule has 2 N–H and O–H groups in total. The fourth-order valence-corrected chi connectivity index (χ4v) is 7.34. The van der Waals surface area contributed by atoms with Gasteiger partial charge in [-0.2, -0.15) is 0 Å². The Morgan fingerprint density at radius 1 is 0.857 bits per heavy atom. The molecule has 0 fully saturated rings. The van der Waals surface area contributed by atoms with E-state index in [0.29, 0.717) is 28.4 Å². The van der Waals surface area contributed by atoms with Gasteiger partial charge in [-0.25, -0.2) is 27.7 Å². The highest BCUT2D eigenvalue weighted by molar-refractivity contribution is 7.98. The topological polar surface area (TPSA) is 119 Å². The van der Waals surface area contributed by atoms with Crippen molar-refractivity contribution in [3.63, 3.8) is 0 Å². The van der Waals surface area contributed by atoms with E-state index in [1.165, 1.54) is 17.8 Å². The summed E-state index contributed by atoms with van der Waals surface area (Å²) in [5.74, 6) is 0.411. The first kappa shape index (κ1) is 35.4. The van der Waals surface area contributed by atoms with Crippen LogP contribution >= 0.6 is 11.8 Å². The molecule has 2 amide bonds. The van der Waals surface area contributed by atoms with E-state index in [1.54, 1.807) is 25.1 Å². The molecular formula is C38H40N4O5S2. The molecule has 0 atom stereocenters. The second-order valence-corrected chi connectivity index (χ2v) is 13.8. The first-order valence-corrected chi connectivity index (χ1v) is 18.9. The highest BCUT2D eigenvalue weighted by atomic mass is 32.2. The largest absolute Gasteiger partial charge is 0.461 e. The fourth-order valence-electron chi connectivity index (χ4n) is 5.61. The zero-order valence-corrected chi connectivity index (χ0v) is 29.4. The Hall–Kier alpha value is -4.87. The Kier molecular flexibility index (Phi) is 11.9. The first-order valence-electron chi connectivity index (χ1n) is 16.2. The van der Waals surface area contributed by atoms with E-state index in [2.05, 4.69) is 17.0 Å². The number of aromatic nitrogens is 2. The van der Waals surface area contributed by atoms with Crippen LogP contribution in [-0.2, 0) is 27.7 Å². The van der Waals surface area contributed by atoms with Crippen molar-refractivity contribution in [3.05, 3.63) is 137 Å². The number of hydrogen-bond acceptors (Lipinski definition) is 7. The van der Waals surface area contributed by atoms with Gasteiger partial charge in [0.05, 0.1) is 17.5 Å². The first-order chi connectivity index (χ1) is 23.7. The second kappa shape index (κ2) is 16.5. The molecule has 1 aromatic heterocycles. The summed E-state index contributed by atoms with van der Waals surface area (Å²) in [4.78, 5) is 31.0. The van der Waals surface area contributed by atoms with E-state index in [9.17, 15) is 18.0 Å². The zero-order valence-electron chi connectivity index (χ0n) is 27.8. The number of carbonyl (C=O) groups excluding carboxylic acids is 2. The summed E-state index contributed by atoms with van der Waals surface area (Å²) in [6.07, 6.45) is 4.54. The van der Waals surface area contributed by atoms with Gasteiger partial charge in [-0.1, -0.05) is 116 Å². The van der Waals surface area contributed by atoms with E-state index in [4.69, 9.17) is 9.72 Å². The SMILES string of the molecule is CCCCc1nc(SC)c(C(=O)OCC)n1Cc1ccc(-c2ccccc2S(=O)(=O)NC(=O)NC(c2ccccc2)c2ccccc2)cc1. The fraction of sp³-hybridized carbons (Fsp3) is 0.237. The Morgan fingerprint density at radius 2 is 1.47 bits per heavy atom. The number of unbranched alkanes of at least 4 members (excludes halogenated alkanes) is 1. The summed E-state index contributed by atoms with van der Waals surface area (Å²) in [5, 5.41) is 3.47. The third kappa shape index (κ3) is 8.60. The molecule has 0 bridgehead atoms. The molecule has 0 aliphatic carbocycles. The number of thioether (sulfide) groups is 1. The Bertz CT molecular complexity index is 1940. The minimum absolute atomic E-state index is 0.0282. The quantitative estimate of drug-likeness (QED) is 0.0906. The van der Waals surface area contributed by atoms with E-state index >= 15 is 0 Å². The molecular weight excluding hydrogens is 657 g/mol. The number of amides is 2. The molecule has 0 spiro atoms. The van der Waals surface area contributed by atoms with E-state index < -0.39 is 28.1 Å². The number of nitrogens with one attached hydrogen (secondary N) is 2. The third-order valence-corrected chi connectivity index (χ3v) is 10.0. The molecule has 0 radical (unpaired) electrons. The summed E-state index contributed by atoms with van der Waals surface area (Å²) in [5.41, 5.74) is 4.07. The van der Waals surface area contributed by atoms with Crippen molar-refractivity contribution >= 4 is 33.8 Å². The van der Waals surface area contributed by atoms with Gasteiger partial charge in [-0.3, -0.25) is 0 Å². The third-order valence-electron chi connectivity index (χ3n) is 7.98. The molecule has 0 saturated heterocycles. The number of carbonyl (C=O) groups is 2. The maximum atomic E-state index is 13.7. The second-order valence-electron chi connectivity index (χ2n) is 11.3. The Morgan fingerprint density at radius 3 is 2.06 bits per heavy atom. The van der Waals surface area contributed by atoms with Crippen LogP contribution in [0.1, 0.15) is 65.7 Å². The normalized spacial score (nSPS) is 11.3. The van der Waals surface area contributed by atoms with Crippen molar-refractivity contribution in [1.29, 1.82) is 0 Å². The predicted octanol–water partition coefficient (Wildman–Crippen LogP) is 7.62. The van der Waals surface area contributed by atoms with Crippen LogP contribution in [0, 0.1) is 0 Å². The smallest absolute Gasteiger partial charge is 0.357 e. The number of urea groups is 1. The molecule has 11 heteroatoms. The van der Waals surface area contributed by atoms with Gasteiger partial charge < -0.3 is 14.6 Å². The van der Waals surface area contributed by atoms with Gasteiger partial charge in [0.2, 0.25) is 0 Å². The molecule has 9 nitrogen and oxygen atoms in total. The van der Waals surface area contributed by atoms with Crippen LogP contribution in [0.15, 0.2) is 119 Å². The number of nitrogens with zero attached hydrogens (tertiary/aromatic N) is 2. The highest BCUT2D eigenvalue weighted by Gasteiger charge is 2.26. The lowest BCUT2D eigenvalue weighted by molar-refractivity contribution is 0.0509. The van der Waals surface area contributed by atoms with E-state index in [1.807, 2.05) is 95.8 Å². The average Bonchev–Trinajstić information content (AvgIpc) is 3.47. The van der Waals surface area contributed by atoms with E-state index in [0.717, 1.165) is 41.8 Å². The lowest BCUT2D eigenvalue weighted by Gasteiger charge is -2.20. The molecule has 1 heterocycles. The molecule has 254 valence electrons. The number of rotatable bonds is 14. The molecule has 5 rings (SSSR count). The number of esters is 1. The molecule has 0 aliphatic rings. The van der Waals surface area contributed by atoms with E-state index in [-0.39, 0.29) is 11.5 Å². The predicted molar refractivity (Wildman–Crippen MR) is 193 cm³/mol. The summed E-state index contributed by atoms with van der Waals surface area (Å²) in [6, 6.07) is 31.4. The standard InChI is InChI=1S/C38H40N4O5S2/c1-4-6-21-33-39-36(48-3)35(37(43)47-5-2)42(33)26-27-22-24-28(25-23-27)31-19-13-14-20-32(31)49(45,46)41-38(44)40-34(29-15-9-7-10-16-29)30-17-11-8-12-18-30/h7-20,22-25,34H,4-6,21,26H2,1-3H3,(H2,40,41,44). The number of ether oxygens (including phenoxy) is 1. The monoisotopic (exact) mass is 696 g/mol. The van der Waals surface area contributed by atoms with Gasteiger partial charge in [0.25, 0.3) is 10.0 Å². The van der Waals surface area contributed by atoms with Crippen molar-refractivity contribution < 1.29 is 22.7 Å². The minimum atomic E-state index is -4.27. The lowest BCUT2D eigenvalue weighted by atomic mass is 9.99. The summed E-state index contributed by atoms with van der Waals surface area (Å²) in [6.45, 7) is 4.54. The van der Waals surface area contributed by atoms with Gasteiger partial charge in [-0.05, 0) is 47.9 Å².